The highest BCUT2D eigenvalue weighted by Crippen LogP contribution is 2.43. The standard InChI is InChI=1S/C9H8F6NOS2.CHF3O3S/c10-8(11,12)5-6(9(13,14)15)19-7(18-5)16-1-3-17-4-2-16;2-1(3,4)8(5,6)7/h1-4H2;(H,5,6,7)/q+1;/p-1. The summed E-state index contributed by atoms with van der Waals surface area (Å²) < 4.78 is 141. The van der Waals surface area contributed by atoms with Crippen molar-refractivity contribution < 1.29 is 57.2 Å². The topological polar surface area (TPSA) is 69.4 Å². The lowest BCUT2D eigenvalue weighted by Gasteiger charge is -2.08. The first-order valence-electron chi connectivity index (χ1n) is 6.40. The average molecular weight is 473 g/mol. The highest BCUT2D eigenvalue weighted by atomic mass is 32.2. The maximum atomic E-state index is 12.6. The smallest absolute Gasteiger partial charge is 0.485 e. The lowest BCUT2D eigenvalue weighted by Crippen LogP contribution is -2.37. The van der Waals surface area contributed by atoms with E-state index >= 15 is 0 Å². The molecule has 27 heavy (non-hydrogen) atoms. The molecule has 0 aliphatic carbocycles. The zero-order valence-electron chi connectivity index (χ0n) is 12.5. The van der Waals surface area contributed by atoms with Gasteiger partial charge in [-0.25, -0.2) is 13.0 Å². The lowest BCUT2D eigenvalue weighted by atomic mass is 10.4. The number of hydrogen-bond donors (Lipinski definition) is 0. The van der Waals surface area contributed by atoms with Gasteiger partial charge in [0.1, 0.15) is 23.0 Å². The van der Waals surface area contributed by atoms with E-state index in [1.807, 2.05) is 0 Å². The molecule has 158 valence electrons. The predicted octanol–water partition coefficient (Wildman–Crippen LogP) is 2.70. The molecule has 1 aromatic heterocycles. The van der Waals surface area contributed by atoms with Gasteiger partial charge in [-0.1, -0.05) is 22.7 Å². The average Bonchev–Trinajstić information content (AvgIpc) is 2.92. The van der Waals surface area contributed by atoms with Crippen LogP contribution in [0.5, 0.6) is 0 Å². The number of rotatable bonds is 0. The first-order chi connectivity index (χ1) is 11.9. The molecular formula is C10H8F9NO4S3. The molecule has 2 rings (SSSR count). The van der Waals surface area contributed by atoms with Crippen LogP contribution in [-0.2, 0) is 27.2 Å². The molecule has 1 aliphatic rings. The van der Waals surface area contributed by atoms with Crippen molar-refractivity contribution in [2.75, 3.05) is 26.3 Å². The second-order valence-corrected chi connectivity index (χ2v) is 8.25. The Balaban J connectivity index is 0.000000387. The van der Waals surface area contributed by atoms with Crippen LogP contribution in [0.3, 0.4) is 0 Å². The van der Waals surface area contributed by atoms with Crippen molar-refractivity contribution in [2.24, 2.45) is 0 Å². The molecular weight excluding hydrogens is 465 g/mol. The number of alkyl halides is 9. The largest absolute Gasteiger partial charge is 0.741 e. The molecule has 1 aromatic rings. The Morgan fingerprint density at radius 3 is 1.44 bits per heavy atom. The van der Waals surface area contributed by atoms with E-state index < -0.39 is 37.7 Å². The zero-order chi connectivity index (χ0) is 21.3. The van der Waals surface area contributed by atoms with Gasteiger partial charge in [0, 0.05) is 0 Å². The Morgan fingerprint density at radius 2 is 1.19 bits per heavy atom. The Labute approximate surface area is 153 Å². The molecule has 0 aromatic carbocycles. The quantitative estimate of drug-likeness (QED) is 0.252. The van der Waals surface area contributed by atoms with Crippen LogP contribution in [-0.4, -0.2) is 44.8 Å². The molecule has 0 radical (unpaired) electrons. The fourth-order valence-electron chi connectivity index (χ4n) is 1.54. The first-order valence-corrected chi connectivity index (χ1v) is 9.45. The molecule has 0 amide bonds. The molecule has 0 bridgehead atoms. The van der Waals surface area contributed by atoms with E-state index in [2.05, 4.69) is 0 Å². The second kappa shape index (κ2) is 8.22. The summed E-state index contributed by atoms with van der Waals surface area (Å²) in [5, 5.41) is 0. The van der Waals surface area contributed by atoms with E-state index in [4.69, 9.17) is 17.7 Å². The maximum absolute atomic E-state index is 12.6. The molecule has 1 aliphatic heterocycles. The van der Waals surface area contributed by atoms with Crippen molar-refractivity contribution in [3.63, 3.8) is 0 Å². The molecule has 0 unspecified atom stereocenters. The van der Waals surface area contributed by atoms with Crippen LogP contribution in [0.25, 0.3) is 0 Å². The fraction of sp³-hybridized carbons (Fsp3) is 0.700. The van der Waals surface area contributed by atoms with Crippen molar-refractivity contribution in [1.82, 2.24) is 4.58 Å². The second-order valence-electron chi connectivity index (χ2n) is 4.62. The summed E-state index contributed by atoms with van der Waals surface area (Å²) in [4.78, 5) is -3.15. The highest BCUT2D eigenvalue weighted by molar-refractivity contribution is 7.86. The van der Waals surface area contributed by atoms with Gasteiger partial charge in [0.2, 0.25) is 0 Å². The zero-order valence-corrected chi connectivity index (χ0v) is 15.0. The molecule has 0 N–H and O–H groups in total. The van der Waals surface area contributed by atoms with Gasteiger partial charge in [0.15, 0.2) is 23.2 Å². The van der Waals surface area contributed by atoms with Crippen LogP contribution in [0.15, 0.2) is 0 Å². The van der Waals surface area contributed by atoms with E-state index in [0.717, 1.165) is 0 Å². The van der Waals surface area contributed by atoms with E-state index in [-0.39, 0.29) is 26.7 Å². The Hall–Kier alpha value is -0.910. The van der Waals surface area contributed by atoms with Crippen molar-refractivity contribution in [2.45, 2.75) is 17.9 Å². The minimum Gasteiger partial charge on any atom is -0.741 e. The summed E-state index contributed by atoms with van der Waals surface area (Å²) in [6.07, 6.45) is -9.98. The summed E-state index contributed by atoms with van der Waals surface area (Å²) in [6, 6.07) is 0. The van der Waals surface area contributed by atoms with Crippen molar-refractivity contribution in [1.29, 1.82) is 0 Å². The van der Waals surface area contributed by atoms with Gasteiger partial charge in [-0.05, 0) is 0 Å². The van der Waals surface area contributed by atoms with Crippen LogP contribution in [0.4, 0.5) is 39.5 Å². The van der Waals surface area contributed by atoms with Gasteiger partial charge in [-0.15, -0.1) is 0 Å². The van der Waals surface area contributed by atoms with Crippen molar-refractivity contribution in [3.8, 4) is 0 Å². The van der Waals surface area contributed by atoms with Crippen LogP contribution in [0.2, 0.25) is 0 Å². The van der Waals surface area contributed by atoms with Crippen LogP contribution < -0.4 is 8.56 Å². The first kappa shape index (κ1) is 24.1. The van der Waals surface area contributed by atoms with Gasteiger partial charge in [-0.3, -0.25) is 0 Å². The number of ether oxygens (including phenoxy) is 1. The van der Waals surface area contributed by atoms with Crippen molar-refractivity contribution >= 4 is 32.8 Å². The third kappa shape index (κ3) is 6.88. The number of nitrogens with zero attached hydrogens (tertiary/aromatic N) is 1. The van der Waals surface area contributed by atoms with Crippen LogP contribution >= 0.6 is 22.7 Å². The summed E-state index contributed by atoms with van der Waals surface area (Å²) >= 11 is 0.287. The van der Waals surface area contributed by atoms with Gasteiger partial charge < -0.3 is 9.29 Å². The number of halogens is 9. The van der Waals surface area contributed by atoms with E-state index in [0.29, 0.717) is 26.3 Å². The summed E-state index contributed by atoms with van der Waals surface area (Å²) in [5.41, 5.74) is -5.65. The molecule has 0 spiro atoms. The highest BCUT2D eigenvalue weighted by Gasteiger charge is 2.47. The van der Waals surface area contributed by atoms with Gasteiger partial charge >= 0.3 is 21.8 Å². The van der Waals surface area contributed by atoms with Gasteiger partial charge in [0.25, 0.3) is 0 Å². The normalized spacial score (nSPS) is 16.7. The fourth-order valence-corrected chi connectivity index (χ4v) is 4.07. The minimum atomic E-state index is -6.09. The monoisotopic (exact) mass is 473 g/mol. The lowest BCUT2D eigenvalue weighted by molar-refractivity contribution is -0.157. The molecule has 2 heterocycles. The Bertz CT molecular complexity index is 774. The maximum Gasteiger partial charge on any atom is 0.485 e. The van der Waals surface area contributed by atoms with Crippen molar-refractivity contribution in [3.05, 3.63) is 13.7 Å². The van der Waals surface area contributed by atoms with Gasteiger partial charge in [0.05, 0.1) is 0 Å². The summed E-state index contributed by atoms with van der Waals surface area (Å²) in [5.74, 6) is 0. The predicted molar refractivity (Wildman–Crippen MR) is 73.8 cm³/mol. The van der Waals surface area contributed by atoms with Crippen LogP contribution in [0.1, 0.15) is 9.75 Å². The molecule has 0 atom stereocenters. The van der Waals surface area contributed by atoms with E-state index in [1.54, 1.807) is 0 Å². The molecule has 17 heteroatoms. The molecule has 1 fully saturated rings. The number of hydrogen-bond acceptors (Lipinski definition) is 6. The molecule has 1 saturated heterocycles. The Morgan fingerprint density at radius 1 is 0.852 bits per heavy atom. The van der Waals surface area contributed by atoms with Crippen LogP contribution in [0, 0.1) is 0 Å². The molecule has 5 nitrogen and oxygen atoms in total. The minimum absolute atomic E-state index is 0.0166. The SMILES string of the molecule is FC(F)(F)c1sc(=[N+]2CCOCC2)sc1C(F)(F)F.O=S(=O)([O-])C(F)(F)F. The third-order valence-electron chi connectivity index (χ3n) is 2.65. The van der Waals surface area contributed by atoms with E-state index in [1.165, 1.54) is 4.58 Å². The molecule has 0 saturated carbocycles. The number of morpholine rings is 1. The van der Waals surface area contributed by atoms with Gasteiger partial charge in [-0.2, -0.15) is 39.5 Å². The van der Waals surface area contributed by atoms with E-state index in [9.17, 15) is 39.5 Å². The summed E-state index contributed by atoms with van der Waals surface area (Å²) in [6.45, 7) is 1.19. The Kier molecular flexibility index (Phi) is 7.34. The third-order valence-corrected chi connectivity index (χ3v) is 5.99. The summed E-state index contributed by atoms with van der Waals surface area (Å²) in [7, 11) is -6.09.